The third kappa shape index (κ3) is 13.7. The van der Waals surface area contributed by atoms with E-state index in [4.69, 9.17) is 0 Å². The van der Waals surface area contributed by atoms with Crippen molar-refractivity contribution in [3.8, 4) is 0 Å². The van der Waals surface area contributed by atoms with Crippen LogP contribution in [0.15, 0.2) is 30.3 Å². The largest absolute Gasteiger partial charge is 1.00 e. The minimum absolute atomic E-state index is 0. The molecule has 0 fully saturated rings. The molecule has 2 nitrogen and oxygen atoms in total. The van der Waals surface area contributed by atoms with Gasteiger partial charge >= 0.3 is 0 Å². The van der Waals surface area contributed by atoms with Crippen molar-refractivity contribution in [2.45, 2.75) is 103 Å². The molecule has 0 spiro atoms. The van der Waals surface area contributed by atoms with Crippen LogP contribution in [0.2, 0.25) is 0 Å². The van der Waals surface area contributed by atoms with Crippen molar-refractivity contribution in [2.75, 3.05) is 20.6 Å². The van der Waals surface area contributed by atoms with Gasteiger partial charge in [-0.2, -0.15) is 0 Å². The first-order chi connectivity index (χ1) is 13.1. The second-order valence-corrected chi connectivity index (χ2v) is 8.90. The number of benzene rings is 1. The summed E-state index contributed by atoms with van der Waals surface area (Å²) in [5.74, 6) is 0. The summed E-state index contributed by atoms with van der Waals surface area (Å²) < 4.78 is 0.727. The SMILES string of the molecule is CCCCCCCCCCCCCC[N+](C)(C)[C@@H](O)CCc1ccccc1.[Br-]. The molecule has 1 aromatic rings. The van der Waals surface area contributed by atoms with Crippen LogP contribution in [0.5, 0.6) is 0 Å². The lowest BCUT2D eigenvalue weighted by molar-refractivity contribution is -0.937. The maximum Gasteiger partial charge on any atom is 0.190 e. The highest BCUT2D eigenvalue weighted by atomic mass is 79.9. The molecule has 0 aliphatic heterocycles. The third-order valence-corrected chi connectivity index (χ3v) is 5.93. The van der Waals surface area contributed by atoms with Crippen molar-refractivity contribution in [3.05, 3.63) is 35.9 Å². The Bertz CT molecular complexity index is 449. The lowest BCUT2D eigenvalue weighted by Gasteiger charge is -2.35. The molecule has 1 N–H and O–H groups in total. The lowest BCUT2D eigenvalue weighted by Crippen LogP contribution is -3.00. The fourth-order valence-corrected chi connectivity index (χ4v) is 3.80. The molecule has 1 atom stereocenters. The average molecular weight is 457 g/mol. The van der Waals surface area contributed by atoms with Crippen LogP contribution >= 0.6 is 0 Å². The monoisotopic (exact) mass is 455 g/mol. The molecule has 0 heterocycles. The molecule has 0 unspecified atom stereocenters. The molecule has 0 saturated heterocycles. The predicted molar refractivity (Wildman–Crippen MR) is 119 cm³/mol. The second-order valence-electron chi connectivity index (χ2n) is 8.90. The predicted octanol–water partition coefficient (Wildman–Crippen LogP) is 3.72. The van der Waals surface area contributed by atoms with Crippen molar-refractivity contribution in [3.63, 3.8) is 0 Å². The zero-order valence-electron chi connectivity index (χ0n) is 18.8. The Balaban J connectivity index is 0.00000729. The van der Waals surface area contributed by atoms with Gasteiger partial charge in [0, 0.05) is 6.42 Å². The minimum atomic E-state index is -0.266. The fraction of sp³-hybridized carbons (Fsp3) is 0.760. The summed E-state index contributed by atoms with van der Waals surface area (Å²) >= 11 is 0. The highest BCUT2D eigenvalue weighted by Crippen LogP contribution is 2.16. The van der Waals surface area contributed by atoms with E-state index in [0.717, 1.165) is 23.9 Å². The molecule has 0 saturated carbocycles. The van der Waals surface area contributed by atoms with Gasteiger partial charge in [-0.1, -0.05) is 101 Å². The maximum atomic E-state index is 10.6. The molecule has 28 heavy (non-hydrogen) atoms. The number of nitrogens with zero attached hydrogens (tertiary/aromatic N) is 1. The Kier molecular flexibility index (Phi) is 17.2. The lowest BCUT2D eigenvalue weighted by atomic mass is 10.0. The van der Waals surface area contributed by atoms with Crippen LogP contribution in [0.1, 0.15) is 96.0 Å². The van der Waals surface area contributed by atoms with Gasteiger partial charge in [0.2, 0.25) is 0 Å². The van der Waals surface area contributed by atoms with E-state index in [2.05, 4.69) is 45.3 Å². The summed E-state index contributed by atoms with van der Waals surface area (Å²) in [6.45, 7) is 3.36. The van der Waals surface area contributed by atoms with E-state index in [0.29, 0.717) is 0 Å². The van der Waals surface area contributed by atoms with E-state index in [1.807, 2.05) is 6.07 Å². The average Bonchev–Trinajstić information content (AvgIpc) is 2.67. The normalized spacial score (nSPS) is 12.6. The van der Waals surface area contributed by atoms with Gasteiger partial charge in [0.1, 0.15) is 0 Å². The molecule has 1 aromatic carbocycles. The van der Waals surface area contributed by atoms with E-state index < -0.39 is 0 Å². The van der Waals surface area contributed by atoms with Crippen LogP contribution in [-0.2, 0) is 6.42 Å². The second kappa shape index (κ2) is 17.5. The van der Waals surface area contributed by atoms with Crippen LogP contribution < -0.4 is 17.0 Å². The number of halogens is 1. The summed E-state index contributed by atoms with van der Waals surface area (Å²) in [6, 6.07) is 10.5. The number of hydrogen-bond acceptors (Lipinski definition) is 1. The smallest absolute Gasteiger partial charge is 0.190 e. The number of hydrogen-bond donors (Lipinski definition) is 1. The van der Waals surface area contributed by atoms with Gasteiger partial charge < -0.3 is 26.6 Å². The van der Waals surface area contributed by atoms with Crippen LogP contribution in [0.3, 0.4) is 0 Å². The molecule has 0 amide bonds. The van der Waals surface area contributed by atoms with E-state index in [-0.39, 0.29) is 23.2 Å². The molecule has 164 valence electrons. The van der Waals surface area contributed by atoms with Gasteiger partial charge in [0.05, 0.1) is 20.6 Å². The molecule has 1 rings (SSSR count). The number of rotatable bonds is 17. The van der Waals surface area contributed by atoms with Crippen LogP contribution in [0, 0.1) is 0 Å². The zero-order chi connectivity index (χ0) is 19.8. The van der Waals surface area contributed by atoms with Crippen molar-refractivity contribution in [2.24, 2.45) is 0 Å². The number of quaternary nitrogens is 1. The molecule has 0 bridgehead atoms. The summed E-state index contributed by atoms with van der Waals surface area (Å²) in [6.07, 6.45) is 18.1. The molecular formula is C25H46BrNO. The first-order valence-corrected chi connectivity index (χ1v) is 11.6. The molecule has 0 aromatic heterocycles. The van der Waals surface area contributed by atoms with E-state index in [9.17, 15) is 5.11 Å². The van der Waals surface area contributed by atoms with E-state index in [1.165, 1.54) is 82.6 Å². The first-order valence-electron chi connectivity index (χ1n) is 11.6. The summed E-state index contributed by atoms with van der Waals surface area (Å²) in [5, 5.41) is 10.6. The van der Waals surface area contributed by atoms with E-state index in [1.54, 1.807) is 0 Å². The fourth-order valence-electron chi connectivity index (χ4n) is 3.80. The molecule has 0 radical (unpaired) electrons. The number of aryl methyl sites for hydroxylation is 1. The molecular weight excluding hydrogens is 410 g/mol. The standard InChI is InChI=1S/C25H46NO.BrH/c1-4-5-6-7-8-9-10-11-12-13-14-18-23-26(2,3)25(27)22-21-24-19-16-15-17-20-24;/h15-17,19-20,25,27H,4-14,18,21-23H2,1-3H3;1H/q+1;/p-1/t25-;/m0./s1. The van der Waals surface area contributed by atoms with Gasteiger partial charge in [0.25, 0.3) is 0 Å². The number of unbranched alkanes of at least 4 members (excludes halogenated alkanes) is 11. The van der Waals surface area contributed by atoms with Gasteiger partial charge in [-0.05, 0) is 24.8 Å². The quantitative estimate of drug-likeness (QED) is 0.215. The Labute approximate surface area is 186 Å². The van der Waals surface area contributed by atoms with Crippen molar-refractivity contribution >= 4 is 0 Å². The Morgan fingerprint density at radius 1 is 0.750 bits per heavy atom. The Morgan fingerprint density at radius 3 is 1.71 bits per heavy atom. The van der Waals surface area contributed by atoms with Gasteiger partial charge in [-0.15, -0.1) is 0 Å². The third-order valence-electron chi connectivity index (χ3n) is 5.93. The maximum absolute atomic E-state index is 10.6. The van der Waals surface area contributed by atoms with Crippen LogP contribution in [0.25, 0.3) is 0 Å². The summed E-state index contributed by atoms with van der Waals surface area (Å²) in [7, 11) is 4.35. The van der Waals surface area contributed by atoms with Crippen molar-refractivity contribution in [1.29, 1.82) is 0 Å². The molecule has 0 aliphatic carbocycles. The Morgan fingerprint density at radius 2 is 1.21 bits per heavy atom. The van der Waals surface area contributed by atoms with Gasteiger partial charge in [0.15, 0.2) is 6.23 Å². The summed E-state index contributed by atoms with van der Waals surface area (Å²) in [5.41, 5.74) is 1.32. The number of aliphatic hydroxyl groups is 1. The number of aliphatic hydroxyl groups excluding tert-OH is 1. The topological polar surface area (TPSA) is 20.2 Å². The molecule has 0 aliphatic rings. The van der Waals surface area contributed by atoms with Gasteiger partial charge in [-0.25, -0.2) is 0 Å². The van der Waals surface area contributed by atoms with Crippen LogP contribution in [-0.4, -0.2) is 36.5 Å². The van der Waals surface area contributed by atoms with Crippen LogP contribution in [0.4, 0.5) is 0 Å². The first kappa shape index (κ1) is 27.6. The highest BCUT2D eigenvalue weighted by Gasteiger charge is 2.24. The van der Waals surface area contributed by atoms with Crippen molar-refractivity contribution in [1.82, 2.24) is 0 Å². The van der Waals surface area contributed by atoms with E-state index >= 15 is 0 Å². The highest BCUT2D eigenvalue weighted by molar-refractivity contribution is 5.14. The van der Waals surface area contributed by atoms with Gasteiger partial charge in [-0.3, -0.25) is 0 Å². The summed E-state index contributed by atoms with van der Waals surface area (Å²) in [4.78, 5) is 0. The molecule has 3 heteroatoms. The minimum Gasteiger partial charge on any atom is -1.00 e. The Hall–Kier alpha value is -0.380. The zero-order valence-corrected chi connectivity index (χ0v) is 20.4. The van der Waals surface area contributed by atoms with Crippen molar-refractivity contribution < 1.29 is 26.6 Å².